The van der Waals surface area contributed by atoms with Crippen molar-refractivity contribution in [2.75, 3.05) is 19.6 Å². The van der Waals surface area contributed by atoms with Gasteiger partial charge in [-0.2, -0.15) is 0 Å². The van der Waals surface area contributed by atoms with E-state index in [1.54, 1.807) is 25.1 Å². The molecule has 2 rings (SSSR count). The van der Waals surface area contributed by atoms with Crippen LogP contribution in [-0.4, -0.2) is 51.9 Å². The number of benzene rings is 1. The van der Waals surface area contributed by atoms with Gasteiger partial charge in [-0.15, -0.1) is 0 Å². The topological polar surface area (TPSA) is 169 Å². The van der Waals surface area contributed by atoms with Crippen molar-refractivity contribution in [2.45, 2.75) is 56.4 Å². The predicted octanol–water partition coefficient (Wildman–Crippen LogP) is 0.446. The van der Waals surface area contributed by atoms with Crippen LogP contribution in [0.5, 0.6) is 0 Å². The molecular weight excluding hydrogens is 444 g/mol. The Kier molecular flexibility index (Phi) is 10.6. The summed E-state index contributed by atoms with van der Waals surface area (Å²) >= 11 is 0. The van der Waals surface area contributed by atoms with Crippen LogP contribution in [0.1, 0.15) is 45.4 Å². The summed E-state index contributed by atoms with van der Waals surface area (Å²) in [7, 11) is -3.65. The van der Waals surface area contributed by atoms with E-state index < -0.39 is 16.1 Å². The summed E-state index contributed by atoms with van der Waals surface area (Å²) in [4.78, 5) is 28.6. The first-order valence-electron chi connectivity index (χ1n) is 11.3. The number of sulfonamides is 1. The lowest BCUT2D eigenvalue weighted by Gasteiger charge is -2.28. The fraction of sp³-hybridized carbons (Fsp3) is 0.591. The molecule has 0 radical (unpaired) electrons. The van der Waals surface area contributed by atoms with Crippen molar-refractivity contribution in [2.24, 2.45) is 28.3 Å². The molecule has 1 aromatic carbocycles. The largest absolute Gasteiger partial charge is 0.370 e. The number of amides is 2. The fourth-order valence-electron chi connectivity index (χ4n) is 3.85. The second-order valence-electron chi connectivity index (χ2n) is 8.51. The molecule has 0 spiro atoms. The molecule has 11 heteroatoms. The summed E-state index contributed by atoms with van der Waals surface area (Å²) in [5.74, 6) is 0.221. The minimum atomic E-state index is -3.65. The maximum Gasteiger partial charge on any atom is 0.240 e. The van der Waals surface area contributed by atoms with Gasteiger partial charge in [0.15, 0.2) is 5.96 Å². The van der Waals surface area contributed by atoms with Crippen LogP contribution in [0.25, 0.3) is 0 Å². The Balaban J connectivity index is 1.63. The molecule has 1 aromatic rings. The number of hydrogen-bond donors (Lipinski definition) is 5. The summed E-state index contributed by atoms with van der Waals surface area (Å²) in [5.41, 5.74) is 10.5. The molecule has 33 heavy (non-hydrogen) atoms. The van der Waals surface area contributed by atoms with Crippen LogP contribution in [-0.2, 0) is 19.6 Å². The second-order valence-corrected chi connectivity index (χ2v) is 10.2. The molecule has 1 aliphatic rings. The highest BCUT2D eigenvalue weighted by molar-refractivity contribution is 7.89. The summed E-state index contributed by atoms with van der Waals surface area (Å²) in [6, 6.07) is 7.55. The van der Waals surface area contributed by atoms with Crippen molar-refractivity contribution in [3.8, 4) is 0 Å². The average molecular weight is 481 g/mol. The number of rotatable bonds is 12. The van der Waals surface area contributed by atoms with Gasteiger partial charge in [0.05, 0.1) is 4.90 Å². The highest BCUT2D eigenvalue weighted by atomic mass is 32.2. The van der Waals surface area contributed by atoms with Gasteiger partial charge < -0.3 is 22.1 Å². The molecule has 1 unspecified atom stereocenters. The molecular formula is C22H36N6O4S. The highest BCUT2D eigenvalue weighted by Crippen LogP contribution is 2.28. The van der Waals surface area contributed by atoms with Crippen LogP contribution in [0.4, 0.5) is 0 Å². The highest BCUT2D eigenvalue weighted by Gasteiger charge is 2.26. The fourth-order valence-corrected chi connectivity index (χ4v) is 5.12. The number of guanidine groups is 1. The van der Waals surface area contributed by atoms with E-state index in [0.717, 1.165) is 25.7 Å². The van der Waals surface area contributed by atoms with E-state index in [0.29, 0.717) is 32.0 Å². The first-order chi connectivity index (χ1) is 15.7. The van der Waals surface area contributed by atoms with Gasteiger partial charge in [0.25, 0.3) is 0 Å². The molecule has 10 nitrogen and oxygen atoms in total. The van der Waals surface area contributed by atoms with E-state index in [2.05, 4.69) is 20.3 Å². The lowest BCUT2D eigenvalue weighted by Crippen LogP contribution is -2.39. The lowest BCUT2D eigenvalue weighted by molar-refractivity contribution is -0.126. The molecule has 0 saturated heterocycles. The molecule has 7 N–H and O–H groups in total. The maximum absolute atomic E-state index is 12.3. The number of nitrogens with one attached hydrogen (secondary N) is 3. The summed E-state index contributed by atoms with van der Waals surface area (Å²) < 4.78 is 27.2. The third-order valence-electron chi connectivity index (χ3n) is 5.64. The predicted molar refractivity (Wildman–Crippen MR) is 128 cm³/mol. The quantitative estimate of drug-likeness (QED) is 0.165. The Hall–Kier alpha value is -2.66. The maximum atomic E-state index is 12.3. The van der Waals surface area contributed by atoms with Crippen LogP contribution in [0.2, 0.25) is 0 Å². The molecule has 1 fully saturated rings. The van der Waals surface area contributed by atoms with Crippen molar-refractivity contribution in [1.29, 1.82) is 0 Å². The van der Waals surface area contributed by atoms with Crippen molar-refractivity contribution >= 4 is 27.8 Å². The van der Waals surface area contributed by atoms with E-state index in [1.165, 1.54) is 12.1 Å². The summed E-state index contributed by atoms with van der Waals surface area (Å²) in [5, 5.41) is 5.83. The second kappa shape index (κ2) is 13.1. The van der Waals surface area contributed by atoms with E-state index in [4.69, 9.17) is 11.5 Å². The van der Waals surface area contributed by atoms with Crippen LogP contribution in [0, 0.1) is 11.8 Å². The third kappa shape index (κ3) is 9.79. The minimum Gasteiger partial charge on any atom is -0.370 e. The normalized spacial score (nSPS) is 19.3. The molecule has 0 heterocycles. The van der Waals surface area contributed by atoms with Gasteiger partial charge >= 0.3 is 0 Å². The van der Waals surface area contributed by atoms with Crippen molar-refractivity contribution in [3.63, 3.8) is 0 Å². The molecule has 184 valence electrons. The van der Waals surface area contributed by atoms with Crippen LogP contribution in [0.15, 0.2) is 40.2 Å². The van der Waals surface area contributed by atoms with Crippen LogP contribution >= 0.6 is 0 Å². The van der Waals surface area contributed by atoms with Crippen LogP contribution < -0.4 is 26.8 Å². The van der Waals surface area contributed by atoms with Gasteiger partial charge in [-0.05, 0) is 57.1 Å². The monoisotopic (exact) mass is 480 g/mol. The molecule has 1 atom stereocenters. The van der Waals surface area contributed by atoms with Gasteiger partial charge in [0.2, 0.25) is 21.8 Å². The number of nitrogens with two attached hydrogens (primary N) is 2. The Bertz CT molecular complexity index is 895. The SMILES string of the molecule is CC(CC(=O)NCC1CCC(C(=O)NCCCN=C(N)N)CC1)NS(=O)(=O)c1ccccc1. The van der Waals surface area contributed by atoms with Crippen LogP contribution in [0.3, 0.4) is 0 Å². The molecule has 1 saturated carbocycles. The Labute approximate surface area is 196 Å². The van der Waals surface area contributed by atoms with Gasteiger partial charge in [-0.25, -0.2) is 13.1 Å². The Morgan fingerprint density at radius 1 is 1.09 bits per heavy atom. The van der Waals surface area contributed by atoms with Crippen molar-refractivity contribution in [3.05, 3.63) is 30.3 Å². The number of aliphatic imine (C=N–C) groups is 1. The van der Waals surface area contributed by atoms with Gasteiger partial charge in [-0.3, -0.25) is 14.6 Å². The lowest BCUT2D eigenvalue weighted by atomic mass is 9.81. The summed E-state index contributed by atoms with van der Waals surface area (Å²) in [6.45, 7) is 3.23. The molecule has 0 aromatic heterocycles. The molecule has 2 amide bonds. The van der Waals surface area contributed by atoms with Gasteiger partial charge in [-0.1, -0.05) is 18.2 Å². The Morgan fingerprint density at radius 2 is 1.76 bits per heavy atom. The van der Waals surface area contributed by atoms with Crippen molar-refractivity contribution < 1.29 is 18.0 Å². The van der Waals surface area contributed by atoms with Gasteiger partial charge in [0.1, 0.15) is 0 Å². The van der Waals surface area contributed by atoms with E-state index in [1.807, 2.05) is 0 Å². The first kappa shape index (κ1) is 26.6. The molecule has 0 bridgehead atoms. The molecule has 1 aliphatic carbocycles. The zero-order chi connectivity index (χ0) is 24.3. The summed E-state index contributed by atoms with van der Waals surface area (Å²) in [6.07, 6.45) is 4.04. The third-order valence-corrected chi connectivity index (χ3v) is 7.24. The molecule has 0 aliphatic heterocycles. The number of carbonyl (C=O) groups excluding carboxylic acids is 2. The number of hydrogen-bond acceptors (Lipinski definition) is 5. The van der Waals surface area contributed by atoms with E-state index in [9.17, 15) is 18.0 Å². The Morgan fingerprint density at radius 3 is 2.39 bits per heavy atom. The zero-order valence-electron chi connectivity index (χ0n) is 19.1. The number of nitrogens with zero attached hydrogens (tertiary/aromatic N) is 1. The minimum absolute atomic E-state index is 0.00699. The van der Waals surface area contributed by atoms with Crippen molar-refractivity contribution in [1.82, 2.24) is 15.4 Å². The average Bonchev–Trinajstić information content (AvgIpc) is 2.77. The standard InChI is InChI=1S/C22H36N6O4S/c1-16(28-33(31,32)19-6-3-2-4-7-19)14-20(29)27-15-17-8-10-18(11-9-17)21(30)25-12-5-13-26-22(23)24/h2-4,6-7,16-18,28H,5,8-15H2,1H3,(H,25,30)(H,27,29)(H4,23,24,26). The number of carbonyl (C=O) groups is 2. The smallest absolute Gasteiger partial charge is 0.240 e. The first-order valence-corrected chi connectivity index (χ1v) is 12.8. The zero-order valence-corrected chi connectivity index (χ0v) is 19.9. The van der Waals surface area contributed by atoms with E-state index >= 15 is 0 Å². The van der Waals surface area contributed by atoms with Gasteiger partial charge in [0, 0.05) is 38.0 Å². The van der Waals surface area contributed by atoms with E-state index in [-0.39, 0.29) is 35.0 Å².